The van der Waals surface area contributed by atoms with Gasteiger partial charge in [0.25, 0.3) is 0 Å². The average molecular weight is 500 g/mol. The summed E-state index contributed by atoms with van der Waals surface area (Å²) in [6.07, 6.45) is 10.9. The van der Waals surface area contributed by atoms with Gasteiger partial charge in [0.15, 0.2) is 22.8 Å². The van der Waals surface area contributed by atoms with Crippen LogP contribution in [-0.4, -0.2) is 69.4 Å². The van der Waals surface area contributed by atoms with Crippen LogP contribution in [0.4, 0.5) is 5.82 Å². The number of anilines is 1. The van der Waals surface area contributed by atoms with Crippen LogP contribution < -0.4 is 4.90 Å². The monoisotopic (exact) mass is 499 g/mol. The highest BCUT2D eigenvalue weighted by Crippen LogP contribution is 2.26. The molecule has 0 bridgehead atoms. The maximum Gasteiger partial charge on any atom is 0.226 e. The van der Waals surface area contributed by atoms with E-state index < -0.39 is 0 Å². The van der Waals surface area contributed by atoms with Crippen molar-refractivity contribution in [2.45, 2.75) is 52.0 Å². The Bertz CT molecular complexity index is 1150. The molecule has 35 heavy (non-hydrogen) atoms. The number of amidine groups is 1. The Kier molecular flexibility index (Phi) is 8.51. The molecule has 0 atom stereocenters. The third kappa shape index (κ3) is 6.08. The second-order valence-corrected chi connectivity index (χ2v) is 9.32. The van der Waals surface area contributed by atoms with E-state index in [1.807, 2.05) is 24.7 Å². The highest BCUT2D eigenvalue weighted by Gasteiger charge is 2.22. The van der Waals surface area contributed by atoms with Crippen LogP contribution in [0.15, 0.2) is 28.9 Å². The lowest BCUT2D eigenvalue weighted by molar-refractivity contribution is -0.115. The summed E-state index contributed by atoms with van der Waals surface area (Å²) in [5, 5.41) is 0.209. The minimum absolute atomic E-state index is 0.150. The predicted molar refractivity (Wildman–Crippen MR) is 139 cm³/mol. The molecule has 0 N–H and O–H groups in total. The molecule has 4 heterocycles. The lowest BCUT2D eigenvalue weighted by Gasteiger charge is -2.27. The van der Waals surface area contributed by atoms with E-state index in [1.54, 1.807) is 6.20 Å². The zero-order chi connectivity index (χ0) is 24.8. The molecular weight excluding hydrogens is 466 g/mol. The molecule has 1 saturated heterocycles. The number of rotatable bonds is 7. The van der Waals surface area contributed by atoms with Gasteiger partial charge in [-0.25, -0.2) is 9.98 Å². The Morgan fingerprint density at radius 1 is 1.23 bits per heavy atom. The number of unbranched alkanes of at least 4 members (excludes halogenated alkanes) is 1. The van der Waals surface area contributed by atoms with Crippen LogP contribution in [0.1, 0.15) is 51.3 Å². The fourth-order valence-electron chi connectivity index (χ4n) is 4.28. The van der Waals surface area contributed by atoms with Gasteiger partial charge >= 0.3 is 0 Å². The molecule has 4 rings (SSSR count). The number of Topliss-reactive ketones (excluding diaryl/α,β-unsaturated/α-hetero) is 1. The largest absolute Gasteiger partial charge is 0.378 e. The van der Waals surface area contributed by atoms with E-state index in [0.717, 1.165) is 68.2 Å². The first-order valence-electron chi connectivity index (χ1n) is 12.4. The third-order valence-corrected chi connectivity index (χ3v) is 6.57. The number of morpholine rings is 1. The van der Waals surface area contributed by atoms with Crippen molar-refractivity contribution in [2.24, 2.45) is 12.0 Å². The van der Waals surface area contributed by atoms with Crippen LogP contribution in [0, 0.1) is 0 Å². The number of halogens is 1. The van der Waals surface area contributed by atoms with Crippen molar-refractivity contribution < 1.29 is 9.53 Å². The fourth-order valence-corrected chi connectivity index (χ4v) is 4.44. The van der Waals surface area contributed by atoms with E-state index in [9.17, 15) is 4.79 Å². The number of ether oxygens (including phenoxy) is 1. The molecule has 10 heteroatoms. The van der Waals surface area contributed by atoms with Crippen LogP contribution in [0.3, 0.4) is 0 Å². The van der Waals surface area contributed by atoms with Crippen molar-refractivity contribution in [3.63, 3.8) is 0 Å². The topological polar surface area (TPSA) is 88.7 Å². The first-order valence-corrected chi connectivity index (χ1v) is 12.7. The SMILES string of the molecule is CCCCC(=O)C1=CN=C(N(C)Cc2nc3c(N4CCOCC4)nc(Cl)nc3n2C)CCCC=C1. The number of hydrogen-bond donors (Lipinski definition) is 0. The summed E-state index contributed by atoms with van der Waals surface area (Å²) in [4.78, 5) is 35.4. The van der Waals surface area contributed by atoms with Gasteiger partial charge in [-0.3, -0.25) is 4.79 Å². The lowest BCUT2D eigenvalue weighted by Crippen LogP contribution is -2.37. The molecule has 1 fully saturated rings. The van der Waals surface area contributed by atoms with Gasteiger partial charge in [0.05, 0.1) is 19.8 Å². The van der Waals surface area contributed by atoms with E-state index in [2.05, 4.69) is 32.8 Å². The van der Waals surface area contributed by atoms with Gasteiger partial charge in [0, 0.05) is 51.8 Å². The zero-order valence-corrected chi connectivity index (χ0v) is 21.6. The van der Waals surface area contributed by atoms with E-state index in [-0.39, 0.29) is 11.1 Å². The van der Waals surface area contributed by atoms with Crippen molar-refractivity contribution in [1.29, 1.82) is 0 Å². The number of aromatic nitrogens is 4. The number of fused-ring (bicyclic) bond motifs is 1. The molecule has 0 spiro atoms. The molecule has 0 aliphatic carbocycles. The molecule has 0 unspecified atom stereocenters. The van der Waals surface area contributed by atoms with E-state index in [0.29, 0.717) is 37.4 Å². The van der Waals surface area contributed by atoms with Crippen molar-refractivity contribution in [3.05, 3.63) is 35.0 Å². The van der Waals surface area contributed by atoms with Gasteiger partial charge in [-0.2, -0.15) is 9.97 Å². The fraction of sp³-hybridized carbons (Fsp3) is 0.560. The van der Waals surface area contributed by atoms with Crippen LogP contribution in [0.5, 0.6) is 0 Å². The number of ketones is 1. The van der Waals surface area contributed by atoms with Crippen molar-refractivity contribution >= 4 is 40.2 Å². The molecule has 188 valence electrons. The molecule has 0 aromatic carbocycles. The second-order valence-electron chi connectivity index (χ2n) is 8.98. The molecule has 9 nitrogen and oxygen atoms in total. The summed E-state index contributed by atoms with van der Waals surface area (Å²) in [5.41, 5.74) is 2.12. The van der Waals surface area contributed by atoms with Crippen LogP contribution in [0.25, 0.3) is 11.2 Å². The van der Waals surface area contributed by atoms with Gasteiger partial charge in [-0.15, -0.1) is 0 Å². The number of allylic oxidation sites excluding steroid dienone is 3. The molecule has 0 amide bonds. The Morgan fingerprint density at radius 3 is 2.80 bits per heavy atom. The summed E-state index contributed by atoms with van der Waals surface area (Å²) in [6.45, 7) is 5.42. The van der Waals surface area contributed by atoms with Gasteiger partial charge in [0.1, 0.15) is 11.7 Å². The van der Waals surface area contributed by atoms with Crippen LogP contribution >= 0.6 is 11.6 Å². The number of imidazole rings is 1. The highest BCUT2D eigenvalue weighted by molar-refractivity contribution is 6.28. The Labute approximate surface area is 211 Å². The van der Waals surface area contributed by atoms with E-state index in [1.165, 1.54) is 0 Å². The number of aryl methyl sites for hydroxylation is 1. The maximum atomic E-state index is 12.6. The molecule has 2 aliphatic heterocycles. The Hall–Kier alpha value is -2.78. The Morgan fingerprint density at radius 2 is 2.03 bits per heavy atom. The van der Waals surface area contributed by atoms with Crippen molar-refractivity contribution in [2.75, 3.05) is 38.3 Å². The minimum atomic E-state index is 0.150. The van der Waals surface area contributed by atoms with Crippen molar-refractivity contribution in [3.8, 4) is 0 Å². The quantitative estimate of drug-likeness (QED) is 0.530. The lowest BCUT2D eigenvalue weighted by atomic mass is 10.1. The van der Waals surface area contributed by atoms with Crippen LogP contribution in [-0.2, 0) is 23.1 Å². The summed E-state index contributed by atoms with van der Waals surface area (Å²) in [7, 11) is 3.96. The van der Waals surface area contributed by atoms with Gasteiger partial charge < -0.3 is 19.1 Å². The number of hydrogen-bond acceptors (Lipinski definition) is 8. The van der Waals surface area contributed by atoms with Gasteiger partial charge in [-0.05, 0) is 30.9 Å². The van der Waals surface area contributed by atoms with Gasteiger partial charge in [-0.1, -0.05) is 25.5 Å². The summed E-state index contributed by atoms with van der Waals surface area (Å²) >= 11 is 6.28. The molecule has 2 aliphatic rings. The molecular formula is C25H34ClN7O2. The van der Waals surface area contributed by atoms with Gasteiger partial charge in [0.2, 0.25) is 5.28 Å². The third-order valence-electron chi connectivity index (χ3n) is 6.40. The van der Waals surface area contributed by atoms with Crippen molar-refractivity contribution in [1.82, 2.24) is 24.4 Å². The number of nitrogens with zero attached hydrogens (tertiary/aromatic N) is 7. The number of aliphatic imine (C=N–C) groups is 1. The summed E-state index contributed by atoms with van der Waals surface area (Å²) < 4.78 is 7.46. The number of carbonyl (C=O) groups excluding carboxylic acids is 1. The molecule has 2 aromatic heterocycles. The standard InChI is InChI=1S/C25H34ClN7O2/c1-4-5-10-19(34)18-9-7-6-8-11-20(27-16-18)31(2)17-21-28-22-23(32(21)3)29-25(26)30-24(22)33-12-14-35-15-13-33/h7,9,16H,4-6,8,10-15,17H2,1-3H3. The average Bonchev–Trinajstić information content (AvgIpc) is 3.23. The summed E-state index contributed by atoms with van der Waals surface area (Å²) in [5.74, 6) is 2.67. The van der Waals surface area contributed by atoms with Crippen LogP contribution in [0.2, 0.25) is 5.28 Å². The smallest absolute Gasteiger partial charge is 0.226 e. The minimum Gasteiger partial charge on any atom is -0.378 e. The summed E-state index contributed by atoms with van der Waals surface area (Å²) in [6, 6.07) is 0. The maximum absolute atomic E-state index is 12.6. The van der Waals surface area contributed by atoms with E-state index >= 15 is 0 Å². The zero-order valence-electron chi connectivity index (χ0n) is 20.8. The normalized spacial score (nSPS) is 17.0. The molecule has 0 saturated carbocycles. The molecule has 2 aromatic rings. The first kappa shape index (κ1) is 25.3. The molecule has 0 radical (unpaired) electrons. The Balaban J connectivity index is 1.59. The first-order chi connectivity index (χ1) is 17.0. The predicted octanol–water partition coefficient (Wildman–Crippen LogP) is 4.07. The highest BCUT2D eigenvalue weighted by atomic mass is 35.5. The number of carbonyl (C=O) groups is 1. The second kappa shape index (κ2) is 11.8. The van der Waals surface area contributed by atoms with E-state index in [4.69, 9.17) is 26.3 Å².